The Balaban J connectivity index is 1.38. The van der Waals surface area contributed by atoms with Crippen molar-refractivity contribution in [2.45, 2.75) is 25.3 Å². The summed E-state index contributed by atoms with van der Waals surface area (Å²) in [5.74, 6) is 1.85. The summed E-state index contributed by atoms with van der Waals surface area (Å²) >= 11 is 0. The third-order valence-corrected chi connectivity index (χ3v) is 5.25. The average Bonchev–Trinajstić information content (AvgIpc) is 3.25. The number of para-hydroxylation sites is 1. The number of benzene rings is 2. The minimum absolute atomic E-state index is 0.0559. The predicted octanol–water partition coefficient (Wildman–Crippen LogP) is 3.75. The first kappa shape index (κ1) is 19.1. The molecule has 0 aliphatic carbocycles. The standard InChI is InChI=1S/C23H25N3O3/c1-28-18-11-9-17(10-12-18)20-14-26(15-21-23(20)25-16-24-21)22(27)8-5-13-29-19-6-3-2-4-7-19/h2-4,6-7,9-12,16,20H,5,8,13-15H2,1H3,(H,24,25). The fourth-order valence-corrected chi connectivity index (χ4v) is 3.70. The van der Waals surface area contributed by atoms with E-state index in [0.717, 1.165) is 28.5 Å². The number of hydrogen-bond donors (Lipinski definition) is 1. The van der Waals surface area contributed by atoms with E-state index in [1.807, 2.05) is 59.5 Å². The van der Waals surface area contributed by atoms with Crippen molar-refractivity contribution >= 4 is 5.91 Å². The second kappa shape index (κ2) is 8.82. The van der Waals surface area contributed by atoms with Gasteiger partial charge < -0.3 is 19.4 Å². The van der Waals surface area contributed by atoms with Gasteiger partial charge in [0.15, 0.2) is 0 Å². The molecule has 0 fully saturated rings. The Kier molecular flexibility index (Phi) is 5.79. The number of nitrogens with one attached hydrogen (secondary N) is 1. The topological polar surface area (TPSA) is 67.4 Å². The fourth-order valence-electron chi connectivity index (χ4n) is 3.70. The summed E-state index contributed by atoms with van der Waals surface area (Å²) in [6.07, 6.45) is 2.86. The number of imidazole rings is 1. The van der Waals surface area contributed by atoms with Gasteiger partial charge >= 0.3 is 0 Å². The highest BCUT2D eigenvalue weighted by molar-refractivity contribution is 5.76. The molecule has 0 saturated heterocycles. The molecule has 29 heavy (non-hydrogen) atoms. The van der Waals surface area contributed by atoms with Crippen LogP contribution in [0.2, 0.25) is 0 Å². The van der Waals surface area contributed by atoms with Crippen LogP contribution in [0.3, 0.4) is 0 Å². The van der Waals surface area contributed by atoms with Crippen molar-refractivity contribution in [2.24, 2.45) is 0 Å². The van der Waals surface area contributed by atoms with Gasteiger partial charge in [-0.15, -0.1) is 0 Å². The average molecular weight is 391 g/mol. The number of methoxy groups -OCH3 is 1. The molecule has 1 N–H and O–H groups in total. The quantitative estimate of drug-likeness (QED) is 0.623. The van der Waals surface area contributed by atoms with E-state index in [9.17, 15) is 4.79 Å². The van der Waals surface area contributed by atoms with Gasteiger partial charge in [0.2, 0.25) is 5.91 Å². The first-order chi connectivity index (χ1) is 14.2. The van der Waals surface area contributed by atoms with Crippen LogP contribution in [0.4, 0.5) is 0 Å². The molecule has 0 spiro atoms. The second-order valence-electron chi connectivity index (χ2n) is 7.13. The van der Waals surface area contributed by atoms with Crippen LogP contribution >= 0.6 is 0 Å². The molecule has 6 nitrogen and oxygen atoms in total. The van der Waals surface area contributed by atoms with E-state index in [-0.39, 0.29) is 11.8 Å². The molecule has 0 radical (unpaired) electrons. The molecule has 1 aromatic heterocycles. The van der Waals surface area contributed by atoms with Crippen LogP contribution in [-0.4, -0.2) is 41.0 Å². The summed E-state index contributed by atoms with van der Waals surface area (Å²) in [5, 5.41) is 0. The Morgan fingerprint density at radius 3 is 2.69 bits per heavy atom. The van der Waals surface area contributed by atoms with E-state index in [4.69, 9.17) is 9.47 Å². The van der Waals surface area contributed by atoms with Gasteiger partial charge in [-0.25, -0.2) is 4.98 Å². The van der Waals surface area contributed by atoms with Crippen LogP contribution in [0.25, 0.3) is 0 Å². The zero-order valence-electron chi connectivity index (χ0n) is 16.5. The minimum Gasteiger partial charge on any atom is -0.497 e. The summed E-state index contributed by atoms with van der Waals surface area (Å²) in [7, 11) is 1.66. The normalized spacial score (nSPS) is 15.6. The summed E-state index contributed by atoms with van der Waals surface area (Å²) in [4.78, 5) is 22.5. The number of H-pyrrole nitrogens is 1. The highest BCUT2D eigenvalue weighted by Crippen LogP contribution is 2.32. The Bertz CT molecular complexity index is 938. The Morgan fingerprint density at radius 2 is 1.93 bits per heavy atom. The van der Waals surface area contributed by atoms with E-state index >= 15 is 0 Å². The lowest BCUT2D eigenvalue weighted by Crippen LogP contribution is -2.38. The number of aromatic nitrogens is 2. The molecule has 1 aliphatic rings. The molecule has 1 unspecified atom stereocenters. The summed E-state index contributed by atoms with van der Waals surface area (Å²) in [5.41, 5.74) is 3.15. The predicted molar refractivity (Wildman–Crippen MR) is 110 cm³/mol. The zero-order chi connectivity index (χ0) is 20.1. The van der Waals surface area contributed by atoms with Crippen LogP contribution in [0.5, 0.6) is 11.5 Å². The molecular formula is C23H25N3O3. The third kappa shape index (κ3) is 4.42. The number of nitrogens with zero attached hydrogens (tertiary/aromatic N) is 2. The van der Waals surface area contributed by atoms with Gasteiger partial charge in [0.1, 0.15) is 11.5 Å². The van der Waals surface area contributed by atoms with E-state index in [1.165, 1.54) is 0 Å². The molecule has 1 amide bonds. The van der Waals surface area contributed by atoms with E-state index in [1.54, 1.807) is 13.4 Å². The van der Waals surface area contributed by atoms with Gasteiger partial charge in [0.05, 0.1) is 38.0 Å². The van der Waals surface area contributed by atoms with Gasteiger partial charge in [-0.3, -0.25) is 4.79 Å². The molecule has 3 aromatic rings. The molecule has 6 heteroatoms. The van der Waals surface area contributed by atoms with Crippen molar-refractivity contribution in [3.63, 3.8) is 0 Å². The van der Waals surface area contributed by atoms with Gasteiger partial charge in [0, 0.05) is 18.9 Å². The van der Waals surface area contributed by atoms with E-state index < -0.39 is 0 Å². The number of carbonyl (C=O) groups excluding carboxylic acids is 1. The van der Waals surface area contributed by atoms with Gasteiger partial charge in [-0.05, 0) is 36.2 Å². The molecule has 1 atom stereocenters. The maximum absolute atomic E-state index is 12.8. The van der Waals surface area contributed by atoms with Crippen LogP contribution in [0.15, 0.2) is 60.9 Å². The fraction of sp³-hybridized carbons (Fsp3) is 0.304. The number of fused-ring (bicyclic) bond motifs is 1. The largest absolute Gasteiger partial charge is 0.497 e. The van der Waals surface area contributed by atoms with Crippen LogP contribution in [0, 0.1) is 0 Å². The molecule has 2 heterocycles. The monoisotopic (exact) mass is 391 g/mol. The smallest absolute Gasteiger partial charge is 0.223 e. The van der Waals surface area contributed by atoms with Crippen molar-refractivity contribution in [3.8, 4) is 11.5 Å². The lowest BCUT2D eigenvalue weighted by Gasteiger charge is -2.32. The minimum atomic E-state index is 0.0559. The lowest BCUT2D eigenvalue weighted by molar-refractivity contribution is -0.132. The maximum Gasteiger partial charge on any atom is 0.223 e. The van der Waals surface area contributed by atoms with E-state index in [2.05, 4.69) is 9.97 Å². The number of hydrogen-bond acceptors (Lipinski definition) is 4. The molecule has 4 rings (SSSR count). The maximum atomic E-state index is 12.8. The van der Waals surface area contributed by atoms with E-state index in [0.29, 0.717) is 32.5 Å². The first-order valence-electron chi connectivity index (χ1n) is 9.86. The molecule has 1 aliphatic heterocycles. The van der Waals surface area contributed by atoms with Crippen molar-refractivity contribution < 1.29 is 14.3 Å². The summed E-state index contributed by atoms with van der Waals surface area (Å²) < 4.78 is 11.0. The van der Waals surface area contributed by atoms with Crippen molar-refractivity contribution in [2.75, 3.05) is 20.3 Å². The molecule has 2 aromatic carbocycles. The second-order valence-corrected chi connectivity index (χ2v) is 7.13. The number of aromatic amines is 1. The van der Waals surface area contributed by atoms with Crippen LogP contribution < -0.4 is 9.47 Å². The number of ether oxygens (including phenoxy) is 2. The lowest BCUT2D eigenvalue weighted by atomic mass is 9.90. The number of rotatable bonds is 7. The molecule has 150 valence electrons. The van der Waals surface area contributed by atoms with Crippen molar-refractivity contribution in [1.82, 2.24) is 14.9 Å². The Morgan fingerprint density at radius 1 is 1.14 bits per heavy atom. The highest BCUT2D eigenvalue weighted by Gasteiger charge is 2.31. The van der Waals surface area contributed by atoms with Crippen molar-refractivity contribution in [1.29, 1.82) is 0 Å². The number of amides is 1. The van der Waals surface area contributed by atoms with Crippen LogP contribution in [-0.2, 0) is 11.3 Å². The molecule has 0 saturated carbocycles. The van der Waals surface area contributed by atoms with Gasteiger partial charge in [-0.2, -0.15) is 0 Å². The highest BCUT2D eigenvalue weighted by atomic mass is 16.5. The van der Waals surface area contributed by atoms with Crippen molar-refractivity contribution in [3.05, 3.63) is 77.9 Å². The SMILES string of the molecule is COc1ccc(C2CN(C(=O)CCCOc3ccccc3)Cc3[nH]cnc32)cc1. The number of carbonyl (C=O) groups is 1. The van der Waals surface area contributed by atoms with Gasteiger partial charge in [-0.1, -0.05) is 30.3 Å². The van der Waals surface area contributed by atoms with Crippen LogP contribution in [0.1, 0.15) is 35.7 Å². The summed E-state index contributed by atoms with van der Waals surface area (Å²) in [6, 6.07) is 17.7. The molecule has 0 bridgehead atoms. The first-order valence-corrected chi connectivity index (χ1v) is 9.86. The van der Waals surface area contributed by atoms with Gasteiger partial charge in [0.25, 0.3) is 0 Å². The Labute approximate surface area is 170 Å². The summed E-state index contributed by atoms with van der Waals surface area (Å²) in [6.45, 7) is 1.73. The third-order valence-electron chi connectivity index (χ3n) is 5.25. The molecular weight excluding hydrogens is 366 g/mol. The zero-order valence-corrected chi connectivity index (χ0v) is 16.5. The Hall–Kier alpha value is -3.28.